The molecule has 2 rings (SSSR count). The Morgan fingerprint density at radius 3 is 2.65 bits per heavy atom. The van der Waals surface area contributed by atoms with Crippen LogP contribution in [-0.2, 0) is 13.0 Å². The molecule has 1 atom stereocenters. The minimum atomic E-state index is 0.399. The van der Waals surface area contributed by atoms with Gasteiger partial charge >= 0.3 is 0 Å². The lowest BCUT2D eigenvalue weighted by molar-refractivity contribution is 0.383. The summed E-state index contributed by atoms with van der Waals surface area (Å²) in [5, 5.41) is 7.26. The first-order chi connectivity index (χ1) is 9.67. The molecule has 20 heavy (non-hydrogen) atoms. The van der Waals surface area contributed by atoms with Crippen molar-refractivity contribution in [2.24, 2.45) is 0 Å². The van der Waals surface area contributed by atoms with Crippen LogP contribution in [0.5, 0.6) is 5.75 Å². The van der Waals surface area contributed by atoms with E-state index in [1.54, 1.807) is 14.0 Å². The number of nitrogens with zero attached hydrogens (tertiary/aromatic N) is 2. The van der Waals surface area contributed by atoms with Gasteiger partial charge in [-0.3, -0.25) is 0 Å². The van der Waals surface area contributed by atoms with Crippen LogP contribution in [0, 0.1) is 6.92 Å². The van der Waals surface area contributed by atoms with Gasteiger partial charge in [-0.05, 0) is 37.5 Å². The van der Waals surface area contributed by atoms with Gasteiger partial charge in [0, 0.05) is 13.0 Å². The van der Waals surface area contributed by atoms with Crippen molar-refractivity contribution in [2.75, 3.05) is 7.11 Å². The van der Waals surface area contributed by atoms with Crippen molar-refractivity contribution in [3.8, 4) is 5.75 Å². The fourth-order valence-electron chi connectivity index (χ4n) is 1.96. The van der Waals surface area contributed by atoms with E-state index in [1.165, 1.54) is 5.56 Å². The first-order valence-electron chi connectivity index (χ1n) is 6.83. The van der Waals surface area contributed by atoms with Crippen LogP contribution in [0.2, 0.25) is 0 Å². The average Bonchev–Trinajstić information content (AvgIpc) is 2.89. The molecule has 0 aliphatic heterocycles. The highest BCUT2D eigenvalue weighted by molar-refractivity contribution is 5.27. The highest BCUT2D eigenvalue weighted by Crippen LogP contribution is 2.13. The zero-order chi connectivity index (χ0) is 14.4. The Balaban J connectivity index is 1.72. The molecule has 0 amide bonds. The summed E-state index contributed by atoms with van der Waals surface area (Å²) in [5.41, 5.74) is 1.31. The van der Waals surface area contributed by atoms with Crippen molar-refractivity contribution in [3.63, 3.8) is 0 Å². The highest BCUT2D eigenvalue weighted by atomic mass is 16.5. The number of rotatable bonds is 7. The summed E-state index contributed by atoms with van der Waals surface area (Å²) in [6, 6.07) is 8.60. The maximum Gasteiger partial charge on any atom is 0.223 e. The summed E-state index contributed by atoms with van der Waals surface area (Å²) >= 11 is 0. The van der Waals surface area contributed by atoms with E-state index >= 15 is 0 Å². The SMILES string of the molecule is COc1ccc(CCC(C)NCc2noc(C)n2)cc1. The third-order valence-electron chi connectivity index (χ3n) is 3.20. The molecule has 1 heterocycles. The Morgan fingerprint density at radius 2 is 2.05 bits per heavy atom. The van der Waals surface area contributed by atoms with Gasteiger partial charge in [-0.1, -0.05) is 17.3 Å². The number of nitrogens with one attached hydrogen (secondary N) is 1. The van der Waals surface area contributed by atoms with Gasteiger partial charge in [-0.2, -0.15) is 4.98 Å². The molecule has 0 aliphatic carbocycles. The van der Waals surface area contributed by atoms with Crippen LogP contribution in [0.25, 0.3) is 0 Å². The van der Waals surface area contributed by atoms with Crippen molar-refractivity contribution >= 4 is 0 Å². The van der Waals surface area contributed by atoms with E-state index in [9.17, 15) is 0 Å². The number of aromatic nitrogens is 2. The molecule has 1 aromatic heterocycles. The molecular formula is C15H21N3O2. The maximum absolute atomic E-state index is 5.15. The van der Waals surface area contributed by atoms with Gasteiger partial charge in [0.1, 0.15) is 5.75 Å². The van der Waals surface area contributed by atoms with E-state index in [4.69, 9.17) is 9.26 Å². The summed E-state index contributed by atoms with van der Waals surface area (Å²) in [7, 11) is 1.68. The number of methoxy groups -OCH3 is 1. The highest BCUT2D eigenvalue weighted by Gasteiger charge is 2.06. The number of benzene rings is 1. The molecular weight excluding hydrogens is 254 g/mol. The molecule has 1 unspecified atom stereocenters. The van der Waals surface area contributed by atoms with E-state index in [0.717, 1.165) is 18.6 Å². The quantitative estimate of drug-likeness (QED) is 0.841. The number of ether oxygens (including phenoxy) is 1. The van der Waals surface area contributed by atoms with Crippen LogP contribution in [0.1, 0.15) is 30.6 Å². The van der Waals surface area contributed by atoms with Gasteiger partial charge < -0.3 is 14.6 Å². The van der Waals surface area contributed by atoms with Crippen LogP contribution in [0.3, 0.4) is 0 Å². The van der Waals surface area contributed by atoms with Crippen LogP contribution in [0.15, 0.2) is 28.8 Å². The molecule has 0 saturated carbocycles. The van der Waals surface area contributed by atoms with Crippen molar-refractivity contribution in [1.29, 1.82) is 0 Å². The molecule has 0 bridgehead atoms. The summed E-state index contributed by atoms with van der Waals surface area (Å²) < 4.78 is 10.1. The van der Waals surface area contributed by atoms with Gasteiger partial charge in [-0.25, -0.2) is 0 Å². The second kappa shape index (κ2) is 7.05. The Morgan fingerprint density at radius 1 is 1.30 bits per heavy atom. The van der Waals surface area contributed by atoms with Gasteiger partial charge in [0.15, 0.2) is 5.82 Å². The lowest BCUT2D eigenvalue weighted by Crippen LogP contribution is -2.26. The molecule has 1 N–H and O–H groups in total. The lowest BCUT2D eigenvalue weighted by Gasteiger charge is -2.12. The summed E-state index contributed by atoms with van der Waals surface area (Å²) in [6.45, 7) is 4.60. The average molecular weight is 275 g/mol. The van der Waals surface area contributed by atoms with E-state index in [2.05, 4.69) is 34.5 Å². The van der Waals surface area contributed by atoms with Crippen LogP contribution in [0.4, 0.5) is 0 Å². The first-order valence-corrected chi connectivity index (χ1v) is 6.83. The fourth-order valence-corrected chi connectivity index (χ4v) is 1.96. The van der Waals surface area contributed by atoms with E-state index in [1.807, 2.05) is 12.1 Å². The van der Waals surface area contributed by atoms with Crippen molar-refractivity contribution in [3.05, 3.63) is 41.5 Å². The molecule has 0 fully saturated rings. The van der Waals surface area contributed by atoms with Crippen molar-refractivity contribution in [2.45, 2.75) is 39.3 Å². The topological polar surface area (TPSA) is 60.2 Å². The van der Waals surface area contributed by atoms with Crippen LogP contribution >= 0.6 is 0 Å². The van der Waals surface area contributed by atoms with E-state index in [-0.39, 0.29) is 0 Å². The predicted molar refractivity (Wildman–Crippen MR) is 76.7 cm³/mol. The minimum Gasteiger partial charge on any atom is -0.497 e. The zero-order valence-corrected chi connectivity index (χ0v) is 12.2. The molecule has 0 saturated heterocycles. The number of hydrogen-bond donors (Lipinski definition) is 1. The largest absolute Gasteiger partial charge is 0.497 e. The predicted octanol–water partition coefficient (Wildman–Crippen LogP) is 2.50. The monoisotopic (exact) mass is 275 g/mol. The van der Waals surface area contributed by atoms with Gasteiger partial charge in [0.2, 0.25) is 5.89 Å². The lowest BCUT2D eigenvalue weighted by atomic mass is 10.1. The molecule has 0 spiro atoms. The Hall–Kier alpha value is -1.88. The van der Waals surface area contributed by atoms with Crippen molar-refractivity contribution in [1.82, 2.24) is 15.5 Å². The fraction of sp³-hybridized carbons (Fsp3) is 0.467. The Bertz CT molecular complexity index is 522. The Labute approximate surface area is 119 Å². The maximum atomic E-state index is 5.15. The van der Waals surface area contributed by atoms with Crippen molar-refractivity contribution < 1.29 is 9.26 Å². The standard InChI is InChI=1S/C15H21N3O2/c1-11(16-10-15-17-12(2)20-18-15)4-5-13-6-8-14(19-3)9-7-13/h6-9,11,16H,4-5,10H2,1-3H3. The summed E-state index contributed by atoms with van der Waals surface area (Å²) in [5.74, 6) is 2.21. The third kappa shape index (κ3) is 4.35. The third-order valence-corrected chi connectivity index (χ3v) is 3.20. The van der Waals surface area contributed by atoms with Gasteiger partial charge in [-0.15, -0.1) is 0 Å². The minimum absolute atomic E-state index is 0.399. The van der Waals surface area contributed by atoms with E-state index < -0.39 is 0 Å². The molecule has 0 radical (unpaired) electrons. The zero-order valence-electron chi connectivity index (χ0n) is 12.2. The molecule has 5 heteroatoms. The smallest absolute Gasteiger partial charge is 0.223 e. The van der Waals surface area contributed by atoms with Gasteiger partial charge in [0.05, 0.1) is 13.7 Å². The molecule has 0 aliphatic rings. The number of hydrogen-bond acceptors (Lipinski definition) is 5. The Kier molecular flexibility index (Phi) is 5.12. The molecule has 2 aromatic rings. The second-order valence-electron chi connectivity index (χ2n) is 4.90. The van der Waals surface area contributed by atoms with Gasteiger partial charge in [0.25, 0.3) is 0 Å². The first kappa shape index (κ1) is 14.5. The molecule has 108 valence electrons. The molecule has 1 aromatic carbocycles. The van der Waals surface area contributed by atoms with Crippen LogP contribution in [-0.4, -0.2) is 23.3 Å². The molecule has 5 nitrogen and oxygen atoms in total. The summed E-state index contributed by atoms with van der Waals surface area (Å²) in [4.78, 5) is 4.17. The summed E-state index contributed by atoms with van der Waals surface area (Å²) in [6.07, 6.45) is 2.09. The number of aryl methyl sites for hydroxylation is 2. The van der Waals surface area contributed by atoms with Crippen LogP contribution < -0.4 is 10.1 Å². The normalized spacial score (nSPS) is 12.3. The van der Waals surface area contributed by atoms with E-state index in [0.29, 0.717) is 24.3 Å². The second-order valence-corrected chi connectivity index (χ2v) is 4.90.